The van der Waals surface area contributed by atoms with Gasteiger partial charge in [0.25, 0.3) is 0 Å². The first-order valence-electron chi connectivity index (χ1n) is 7.84. The Balaban J connectivity index is 2.07. The van der Waals surface area contributed by atoms with Crippen LogP contribution in [0.25, 0.3) is 0 Å². The third-order valence-electron chi connectivity index (χ3n) is 4.35. The molecule has 0 spiro atoms. The highest BCUT2D eigenvalue weighted by atomic mass is 16.5. The van der Waals surface area contributed by atoms with Crippen molar-refractivity contribution in [1.82, 2.24) is 5.32 Å². The molecule has 3 unspecified atom stereocenters. The maximum atomic E-state index is 5.93. The lowest BCUT2D eigenvalue weighted by Crippen LogP contribution is -2.46. The summed E-state index contributed by atoms with van der Waals surface area (Å²) in [5, 5.41) is 3.40. The number of nitrogens with zero attached hydrogens (tertiary/aromatic N) is 1. The molecule has 20 heavy (non-hydrogen) atoms. The standard InChI is InChI=1S/C17H28N2O/c1-5-14(3)20-17-8-6-7-16(12-17)19-10-9-15(18-4)11-13(19)2/h6-8,12-15,18H,5,9-11H2,1-4H3. The van der Waals surface area contributed by atoms with Crippen molar-refractivity contribution in [2.24, 2.45) is 0 Å². The van der Waals surface area contributed by atoms with Gasteiger partial charge in [-0.2, -0.15) is 0 Å². The van der Waals surface area contributed by atoms with Crippen molar-refractivity contribution in [3.8, 4) is 5.75 Å². The van der Waals surface area contributed by atoms with Crippen LogP contribution in [-0.2, 0) is 0 Å². The Morgan fingerprint density at radius 2 is 2.25 bits per heavy atom. The molecule has 1 N–H and O–H groups in total. The van der Waals surface area contributed by atoms with E-state index in [0.29, 0.717) is 12.1 Å². The second-order valence-electron chi connectivity index (χ2n) is 5.89. The summed E-state index contributed by atoms with van der Waals surface area (Å²) in [7, 11) is 2.06. The van der Waals surface area contributed by atoms with Crippen LogP contribution in [0.5, 0.6) is 5.75 Å². The van der Waals surface area contributed by atoms with E-state index >= 15 is 0 Å². The molecule has 1 saturated heterocycles. The van der Waals surface area contributed by atoms with Crippen molar-refractivity contribution in [2.45, 2.75) is 58.2 Å². The van der Waals surface area contributed by atoms with Gasteiger partial charge in [0.15, 0.2) is 0 Å². The molecule has 3 heteroatoms. The molecule has 0 aliphatic carbocycles. The number of hydrogen-bond donors (Lipinski definition) is 1. The van der Waals surface area contributed by atoms with Gasteiger partial charge in [-0.25, -0.2) is 0 Å². The molecule has 0 saturated carbocycles. The second-order valence-corrected chi connectivity index (χ2v) is 5.89. The molecular formula is C17H28N2O. The molecule has 1 fully saturated rings. The Labute approximate surface area is 123 Å². The van der Waals surface area contributed by atoms with Gasteiger partial charge in [0, 0.05) is 30.4 Å². The SMILES string of the molecule is CCC(C)Oc1cccc(N2CCC(NC)CC2C)c1. The highest BCUT2D eigenvalue weighted by Crippen LogP contribution is 2.28. The third-order valence-corrected chi connectivity index (χ3v) is 4.35. The van der Waals surface area contributed by atoms with Crippen LogP contribution in [0.2, 0.25) is 0 Å². The molecule has 0 radical (unpaired) electrons. The summed E-state index contributed by atoms with van der Waals surface area (Å²) >= 11 is 0. The Hall–Kier alpha value is -1.22. The number of benzene rings is 1. The van der Waals surface area contributed by atoms with E-state index in [0.717, 1.165) is 18.7 Å². The van der Waals surface area contributed by atoms with Gasteiger partial charge in [-0.15, -0.1) is 0 Å². The van der Waals surface area contributed by atoms with Gasteiger partial charge >= 0.3 is 0 Å². The lowest BCUT2D eigenvalue weighted by atomic mass is 9.98. The Morgan fingerprint density at radius 3 is 2.90 bits per heavy atom. The van der Waals surface area contributed by atoms with Crippen molar-refractivity contribution in [2.75, 3.05) is 18.5 Å². The van der Waals surface area contributed by atoms with Crippen LogP contribution in [0.4, 0.5) is 5.69 Å². The summed E-state index contributed by atoms with van der Waals surface area (Å²) in [6.45, 7) is 7.69. The van der Waals surface area contributed by atoms with Crippen molar-refractivity contribution in [3.05, 3.63) is 24.3 Å². The fraction of sp³-hybridized carbons (Fsp3) is 0.647. The van der Waals surface area contributed by atoms with Gasteiger partial charge in [0.2, 0.25) is 0 Å². The summed E-state index contributed by atoms with van der Waals surface area (Å²) in [5.74, 6) is 0.986. The topological polar surface area (TPSA) is 24.5 Å². The average Bonchev–Trinajstić information content (AvgIpc) is 2.47. The number of piperidine rings is 1. The van der Waals surface area contributed by atoms with Gasteiger partial charge < -0.3 is 15.0 Å². The van der Waals surface area contributed by atoms with Crippen LogP contribution in [-0.4, -0.2) is 31.8 Å². The number of anilines is 1. The van der Waals surface area contributed by atoms with E-state index in [1.807, 2.05) is 0 Å². The molecule has 2 rings (SSSR count). The van der Waals surface area contributed by atoms with Crippen molar-refractivity contribution >= 4 is 5.69 Å². The summed E-state index contributed by atoms with van der Waals surface area (Å²) in [6, 6.07) is 9.76. The summed E-state index contributed by atoms with van der Waals surface area (Å²) < 4.78 is 5.93. The van der Waals surface area contributed by atoms with E-state index < -0.39 is 0 Å². The molecule has 0 aromatic heterocycles. The fourth-order valence-electron chi connectivity index (χ4n) is 2.87. The molecule has 3 atom stereocenters. The van der Waals surface area contributed by atoms with Gasteiger partial charge in [-0.05, 0) is 52.3 Å². The van der Waals surface area contributed by atoms with Crippen molar-refractivity contribution < 1.29 is 4.74 Å². The third kappa shape index (κ3) is 3.66. The zero-order valence-corrected chi connectivity index (χ0v) is 13.2. The maximum absolute atomic E-state index is 5.93. The second kappa shape index (κ2) is 6.98. The molecule has 0 bridgehead atoms. The number of ether oxygens (including phenoxy) is 1. The lowest BCUT2D eigenvalue weighted by molar-refractivity contribution is 0.217. The van der Waals surface area contributed by atoms with Crippen LogP contribution in [0.1, 0.15) is 40.0 Å². The molecular weight excluding hydrogens is 248 g/mol. The van der Waals surface area contributed by atoms with Crippen LogP contribution < -0.4 is 15.0 Å². The van der Waals surface area contributed by atoms with E-state index in [4.69, 9.17) is 4.74 Å². The predicted molar refractivity (Wildman–Crippen MR) is 85.7 cm³/mol. The van der Waals surface area contributed by atoms with E-state index in [2.05, 4.69) is 62.3 Å². The number of nitrogens with one attached hydrogen (secondary N) is 1. The van der Waals surface area contributed by atoms with Gasteiger partial charge in [-0.1, -0.05) is 13.0 Å². The van der Waals surface area contributed by atoms with Crippen molar-refractivity contribution in [1.29, 1.82) is 0 Å². The molecule has 112 valence electrons. The molecule has 1 aliphatic heterocycles. The van der Waals surface area contributed by atoms with E-state index in [1.165, 1.54) is 18.5 Å². The van der Waals surface area contributed by atoms with E-state index in [1.54, 1.807) is 0 Å². The van der Waals surface area contributed by atoms with Crippen molar-refractivity contribution in [3.63, 3.8) is 0 Å². The first-order chi connectivity index (χ1) is 9.63. The Kier molecular flexibility index (Phi) is 5.30. The Bertz CT molecular complexity index is 421. The Morgan fingerprint density at radius 1 is 1.45 bits per heavy atom. The molecule has 1 aromatic carbocycles. The van der Waals surface area contributed by atoms with Gasteiger partial charge in [0.1, 0.15) is 5.75 Å². The van der Waals surface area contributed by atoms with Crippen LogP contribution >= 0.6 is 0 Å². The van der Waals surface area contributed by atoms with Crippen LogP contribution in [0.3, 0.4) is 0 Å². The number of rotatable bonds is 5. The summed E-state index contributed by atoms with van der Waals surface area (Å²) in [6.07, 6.45) is 3.72. The minimum Gasteiger partial charge on any atom is -0.491 e. The molecule has 1 heterocycles. The minimum absolute atomic E-state index is 0.276. The largest absolute Gasteiger partial charge is 0.491 e. The zero-order valence-electron chi connectivity index (χ0n) is 13.2. The zero-order chi connectivity index (χ0) is 14.5. The van der Waals surface area contributed by atoms with E-state index in [9.17, 15) is 0 Å². The minimum atomic E-state index is 0.276. The maximum Gasteiger partial charge on any atom is 0.121 e. The highest BCUT2D eigenvalue weighted by Gasteiger charge is 2.24. The normalized spacial score (nSPS) is 24.5. The predicted octanol–water partition coefficient (Wildman–Crippen LogP) is 3.44. The van der Waals surface area contributed by atoms with Gasteiger partial charge in [-0.3, -0.25) is 0 Å². The first kappa shape index (κ1) is 15.2. The molecule has 0 amide bonds. The summed E-state index contributed by atoms with van der Waals surface area (Å²) in [5.41, 5.74) is 1.29. The van der Waals surface area contributed by atoms with Crippen LogP contribution in [0.15, 0.2) is 24.3 Å². The van der Waals surface area contributed by atoms with Crippen LogP contribution in [0, 0.1) is 0 Å². The lowest BCUT2D eigenvalue weighted by Gasteiger charge is -2.39. The number of hydrogen-bond acceptors (Lipinski definition) is 3. The summed E-state index contributed by atoms with van der Waals surface area (Å²) in [4.78, 5) is 2.50. The molecule has 1 aromatic rings. The highest BCUT2D eigenvalue weighted by molar-refractivity contribution is 5.52. The monoisotopic (exact) mass is 276 g/mol. The smallest absolute Gasteiger partial charge is 0.121 e. The molecule has 3 nitrogen and oxygen atoms in total. The van der Waals surface area contributed by atoms with E-state index in [-0.39, 0.29) is 6.10 Å². The quantitative estimate of drug-likeness (QED) is 0.891. The first-order valence-corrected chi connectivity index (χ1v) is 7.84. The van der Waals surface area contributed by atoms with Gasteiger partial charge in [0.05, 0.1) is 6.10 Å². The molecule has 1 aliphatic rings. The fourth-order valence-corrected chi connectivity index (χ4v) is 2.87. The average molecular weight is 276 g/mol.